The first-order valence-corrected chi connectivity index (χ1v) is 11.7. The monoisotopic (exact) mass is 441 g/mol. The number of aliphatic hydroxyl groups is 1. The topological polar surface area (TPSA) is 83.0 Å². The molecule has 7 heteroatoms. The average Bonchev–Trinajstić information content (AvgIpc) is 2.74. The molecule has 0 radical (unpaired) electrons. The predicted molar refractivity (Wildman–Crippen MR) is 122 cm³/mol. The Morgan fingerprint density at radius 2 is 2.19 bits per heavy atom. The summed E-state index contributed by atoms with van der Waals surface area (Å²) >= 11 is 0. The van der Waals surface area contributed by atoms with Gasteiger partial charge < -0.3 is 19.6 Å². The molecule has 3 rings (SSSR count). The van der Waals surface area contributed by atoms with Crippen LogP contribution < -0.4 is 4.74 Å². The number of hydrogen-bond donors (Lipinski definition) is 1. The molecule has 0 unspecified atom stereocenters. The van der Waals surface area contributed by atoms with Crippen LogP contribution in [0.3, 0.4) is 0 Å². The molecular formula is C25H35N3O4. The lowest BCUT2D eigenvalue weighted by Crippen LogP contribution is -2.51. The van der Waals surface area contributed by atoms with Gasteiger partial charge in [0.2, 0.25) is 11.8 Å². The van der Waals surface area contributed by atoms with Crippen LogP contribution in [-0.4, -0.2) is 70.6 Å². The lowest BCUT2D eigenvalue weighted by molar-refractivity contribution is -0.138. The molecule has 7 nitrogen and oxygen atoms in total. The van der Waals surface area contributed by atoms with Crippen LogP contribution in [0.4, 0.5) is 0 Å². The number of ether oxygens (including phenoxy) is 1. The van der Waals surface area contributed by atoms with Crippen molar-refractivity contribution in [3.63, 3.8) is 0 Å². The minimum atomic E-state index is -0.347. The highest BCUT2D eigenvalue weighted by Gasteiger charge is 2.36. The van der Waals surface area contributed by atoms with E-state index in [1.807, 2.05) is 20.9 Å². The minimum absolute atomic E-state index is 0.0523. The van der Waals surface area contributed by atoms with Crippen molar-refractivity contribution in [3.8, 4) is 17.7 Å². The molecule has 1 aliphatic heterocycles. The summed E-state index contributed by atoms with van der Waals surface area (Å²) in [6.07, 6.45) is 6.05. The maximum Gasteiger partial charge on any atom is 0.259 e. The average molecular weight is 442 g/mol. The summed E-state index contributed by atoms with van der Waals surface area (Å²) in [5.41, 5.74) is 1.01. The molecule has 174 valence electrons. The van der Waals surface area contributed by atoms with Crippen molar-refractivity contribution in [3.05, 3.63) is 23.4 Å². The van der Waals surface area contributed by atoms with E-state index in [2.05, 4.69) is 23.7 Å². The Morgan fingerprint density at radius 1 is 1.44 bits per heavy atom. The molecule has 1 aromatic heterocycles. The number of fused-ring (bicyclic) bond motifs is 1. The molecule has 2 amide bonds. The summed E-state index contributed by atoms with van der Waals surface area (Å²) in [6.45, 7) is 6.60. The van der Waals surface area contributed by atoms with Crippen LogP contribution in [-0.2, 0) is 4.79 Å². The van der Waals surface area contributed by atoms with Gasteiger partial charge in [-0.05, 0) is 32.3 Å². The number of likely N-dealkylation sites (N-methyl/N-ethyl adjacent to an activating group) is 1. The van der Waals surface area contributed by atoms with Gasteiger partial charge in [0.15, 0.2) is 0 Å². The lowest BCUT2D eigenvalue weighted by Gasteiger charge is -2.38. The van der Waals surface area contributed by atoms with Gasteiger partial charge >= 0.3 is 0 Å². The smallest absolute Gasteiger partial charge is 0.259 e. The van der Waals surface area contributed by atoms with Gasteiger partial charge in [0, 0.05) is 43.6 Å². The Hall–Kier alpha value is -2.59. The first-order valence-electron chi connectivity index (χ1n) is 11.7. The highest BCUT2D eigenvalue weighted by molar-refractivity contribution is 5.97. The number of aliphatic hydroxyl groups excluding tert-OH is 1. The third-order valence-electron chi connectivity index (χ3n) is 6.41. The maximum absolute atomic E-state index is 13.4. The summed E-state index contributed by atoms with van der Waals surface area (Å²) in [5.74, 6) is 6.39. The van der Waals surface area contributed by atoms with Crippen LogP contribution in [0.25, 0.3) is 0 Å². The van der Waals surface area contributed by atoms with Crippen molar-refractivity contribution in [2.75, 3.05) is 26.7 Å². The lowest BCUT2D eigenvalue weighted by atomic mass is 9.84. The fraction of sp³-hybridized carbons (Fsp3) is 0.640. The fourth-order valence-corrected chi connectivity index (χ4v) is 4.00. The molecular weight excluding hydrogens is 406 g/mol. The van der Waals surface area contributed by atoms with Gasteiger partial charge in [0.1, 0.15) is 11.7 Å². The van der Waals surface area contributed by atoms with Crippen molar-refractivity contribution in [1.82, 2.24) is 14.8 Å². The van der Waals surface area contributed by atoms with E-state index in [-0.39, 0.29) is 48.3 Å². The number of amides is 2. The molecule has 2 aliphatic rings. The number of pyridine rings is 1. The highest BCUT2D eigenvalue weighted by atomic mass is 16.5. The summed E-state index contributed by atoms with van der Waals surface area (Å²) in [4.78, 5) is 33.9. The summed E-state index contributed by atoms with van der Waals surface area (Å²) < 4.78 is 6.25. The normalized spacial score (nSPS) is 21.8. The third-order valence-corrected chi connectivity index (χ3v) is 6.41. The number of rotatable bonds is 6. The van der Waals surface area contributed by atoms with Crippen LogP contribution in [0.1, 0.15) is 68.8 Å². The number of unbranched alkanes of at least 4 members (excludes halogenated alkanes) is 1. The Morgan fingerprint density at radius 3 is 2.81 bits per heavy atom. The Kier molecular flexibility index (Phi) is 8.14. The van der Waals surface area contributed by atoms with E-state index in [1.165, 1.54) is 0 Å². The first-order chi connectivity index (χ1) is 15.3. The molecule has 2 heterocycles. The molecule has 1 saturated carbocycles. The van der Waals surface area contributed by atoms with Gasteiger partial charge in [0.25, 0.3) is 5.91 Å². The third kappa shape index (κ3) is 5.42. The number of hydrogen-bond acceptors (Lipinski definition) is 5. The van der Waals surface area contributed by atoms with E-state index in [0.717, 1.165) is 32.1 Å². The van der Waals surface area contributed by atoms with Gasteiger partial charge in [0.05, 0.1) is 19.2 Å². The van der Waals surface area contributed by atoms with Crippen LogP contribution in [0, 0.1) is 23.7 Å². The zero-order valence-electron chi connectivity index (χ0n) is 19.6. The Labute approximate surface area is 191 Å². The van der Waals surface area contributed by atoms with Crippen LogP contribution in [0.15, 0.2) is 12.3 Å². The standard InChI is InChI=1S/C25H35N3O4/c1-5-6-7-9-19-12-21-23(26-13-19)32-22(15-27(4)24(30)20-10-8-11-20)17(2)14-28(25(21)31)18(3)16-29/h12-13,17-18,20,22,29H,5-6,8,10-11,14-16H2,1-4H3/t17-,18+,22+/m0/s1. The molecule has 1 N–H and O–H groups in total. The van der Waals surface area contributed by atoms with E-state index >= 15 is 0 Å². The molecule has 32 heavy (non-hydrogen) atoms. The number of carbonyl (C=O) groups excluding carboxylic acids is 2. The van der Waals surface area contributed by atoms with E-state index in [0.29, 0.717) is 24.2 Å². The molecule has 1 aromatic rings. The van der Waals surface area contributed by atoms with Crippen molar-refractivity contribution in [1.29, 1.82) is 0 Å². The number of aromatic nitrogens is 1. The van der Waals surface area contributed by atoms with Gasteiger partial charge in [-0.15, -0.1) is 0 Å². The quantitative estimate of drug-likeness (QED) is 0.687. The van der Waals surface area contributed by atoms with Gasteiger partial charge in [-0.1, -0.05) is 32.1 Å². The molecule has 0 saturated heterocycles. The van der Waals surface area contributed by atoms with Gasteiger partial charge in [-0.25, -0.2) is 4.98 Å². The van der Waals surface area contributed by atoms with E-state index in [9.17, 15) is 14.7 Å². The first kappa shape index (κ1) is 24.1. The number of carbonyl (C=O) groups is 2. The van der Waals surface area contributed by atoms with E-state index in [4.69, 9.17) is 4.74 Å². The molecule has 1 fully saturated rings. The van der Waals surface area contributed by atoms with Gasteiger partial charge in [-0.2, -0.15) is 0 Å². The van der Waals surface area contributed by atoms with Crippen LogP contribution in [0.2, 0.25) is 0 Å². The predicted octanol–water partition coefficient (Wildman–Crippen LogP) is 2.71. The highest BCUT2D eigenvalue weighted by Crippen LogP contribution is 2.30. The van der Waals surface area contributed by atoms with E-state index in [1.54, 1.807) is 22.1 Å². The van der Waals surface area contributed by atoms with E-state index < -0.39 is 0 Å². The van der Waals surface area contributed by atoms with Crippen molar-refractivity contribution < 1.29 is 19.4 Å². The molecule has 0 aromatic carbocycles. The summed E-state index contributed by atoms with van der Waals surface area (Å²) in [5, 5.41) is 9.76. The summed E-state index contributed by atoms with van der Waals surface area (Å²) in [7, 11) is 1.82. The van der Waals surface area contributed by atoms with Gasteiger partial charge in [-0.3, -0.25) is 9.59 Å². The zero-order valence-corrected chi connectivity index (χ0v) is 19.6. The number of nitrogens with zero attached hydrogens (tertiary/aromatic N) is 3. The Balaban J connectivity index is 1.91. The molecule has 1 aliphatic carbocycles. The Bertz CT molecular complexity index is 887. The van der Waals surface area contributed by atoms with Crippen LogP contribution in [0.5, 0.6) is 5.88 Å². The second-order valence-corrected chi connectivity index (χ2v) is 9.10. The zero-order chi connectivity index (χ0) is 23.3. The van der Waals surface area contributed by atoms with Crippen LogP contribution >= 0.6 is 0 Å². The summed E-state index contributed by atoms with van der Waals surface area (Å²) in [6, 6.07) is 1.38. The fourth-order valence-electron chi connectivity index (χ4n) is 4.00. The molecule has 0 spiro atoms. The minimum Gasteiger partial charge on any atom is -0.472 e. The second kappa shape index (κ2) is 10.8. The van der Waals surface area contributed by atoms with Crippen molar-refractivity contribution in [2.24, 2.45) is 11.8 Å². The maximum atomic E-state index is 13.4. The van der Waals surface area contributed by atoms with Crippen molar-refractivity contribution in [2.45, 2.75) is 65.0 Å². The largest absolute Gasteiger partial charge is 0.472 e. The molecule has 3 atom stereocenters. The SMILES string of the molecule is CCCC#Cc1cnc2c(c1)C(=O)N([C@H](C)CO)C[C@H](C)[C@@H](CN(C)C(=O)C1CCC1)O2. The van der Waals surface area contributed by atoms with Crippen molar-refractivity contribution >= 4 is 11.8 Å². The second-order valence-electron chi connectivity index (χ2n) is 9.10. The molecule has 0 bridgehead atoms.